The van der Waals surface area contributed by atoms with Gasteiger partial charge in [-0.2, -0.15) is 0 Å². The van der Waals surface area contributed by atoms with Crippen molar-refractivity contribution in [2.75, 3.05) is 0 Å². The molecule has 0 unspecified atom stereocenters. The summed E-state index contributed by atoms with van der Waals surface area (Å²) >= 11 is 0. The summed E-state index contributed by atoms with van der Waals surface area (Å²) in [5, 5.41) is 0. The number of rotatable bonds is 6. The van der Waals surface area contributed by atoms with Crippen molar-refractivity contribution in [3.63, 3.8) is 0 Å². The molecule has 4 heteroatoms. The number of hydrogen-bond acceptors (Lipinski definition) is 3. The van der Waals surface area contributed by atoms with Crippen molar-refractivity contribution in [2.24, 2.45) is 0 Å². The summed E-state index contributed by atoms with van der Waals surface area (Å²) in [6, 6.07) is 19.5. The van der Waals surface area contributed by atoms with Crippen LogP contribution in [0.2, 0.25) is 0 Å². The third kappa shape index (κ3) is 3.60. The van der Waals surface area contributed by atoms with Crippen LogP contribution in [0.15, 0.2) is 78.4 Å². The van der Waals surface area contributed by atoms with Crippen LogP contribution in [0.4, 0.5) is 0 Å². The molecule has 0 saturated carbocycles. The van der Waals surface area contributed by atoms with Crippen molar-refractivity contribution in [1.29, 1.82) is 0 Å². The Balaban J connectivity index is 1.83. The lowest BCUT2D eigenvalue weighted by molar-refractivity contribution is 0.291. The highest BCUT2D eigenvalue weighted by molar-refractivity contribution is 5.51. The summed E-state index contributed by atoms with van der Waals surface area (Å²) in [6.45, 7) is 4.54. The maximum absolute atomic E-state index is 12.6. The zero-order valence-electron chi connectivity index (χ0n) is 13.3. The van der Waals surface area contributed by atoms with E-state index < -0.39 is 0 Å². The van der Waals surface area contributed by atoms with Crippen LogP contribution in [0, 0.1) is 0 Å². The SMILES string of the molecule is C=Cc1c(OCc2ccccc2)ncn(Cc2ccccc2)c1=O. The predicted molar refractivity (Wildman–Crippen MR) is 94.9 cm³/mol. The van der Waals surface area contributed by atoms with Gasteiger partial charge in [-0.05, 0) is 11.1 Å². The number of benzene rings is 2. The molecule has 0 aliphatic heterocycles. The second-order valence-electron chi connectivity index (χ2n) is 5.36. The van der Waals surface area contributed by atoms with E-state index in [4.69, 9.17) is 4.74 Å². The van der Waals surface area contributed by atoms with Gasteiger partial charge in [0, 0.05) is 0 Å². The first-order valence-corrected chi connectivity index (χ1v) is 7.70. The topological polar surface area (TPSA) is 44.1 Å². The minimum absolute atomic E-state index is 0.160. The van der Waals surface area contributed by atoms with Crippen LogP contribution in [-0.2, 0) is 13.2 Å². The average molecular weight is 318 g/mol. The van der Waals surface area contributed by atoms with Crippen LogP contribution in [0.3, 0.4) is 0 Å². The van der Waals surface area contributed by atoms with Gasteiger partial charge < -0.3 is 4.74 Å². The fourth-order valence-corrected chi connectivity index (χ4v) is 2.40. The summed E-state index contributed by atoms with van der Waals surface area (Å²) < 4.78 is 7.26. The van der Waals surface area contributed by atoms with Gasteiger partial charge in [-0.25, -0.2) is 4.98 Å². The summed E-state index contributed by atoms with van der Waals surface area (Å²) in [5.74, 6) is 0.308. The Labute approximate surface area is 140 Å². The fourth-order valence-electron chi connectivity index (χ4n) is 2.40. The van der Waals surface area contributed by atoms with E-state index in [2.05, 4.69) is 11.6 Å². The van der Waals surface area contributed by atoms with Gasteiger partial charge in [-0.15, -0.1) is 0 Å². The summed E-state index contributed by atoms with van der Waals surface area (Å²) in [5.41, 5.74) is 2.27. The first-order valence-electron chi connectivity index (χ1n) is 7.70. The third-order valence-corrected chi connectivity index (χ3v) is 3.65. The quantitative estimate of drug-likeness (QED) is 0.698. The van der Waals surface area contributed by atoms with Gasteiger partial charge in [-0.1, -0.05) is 73.3 Å². The molecule has 0 radical (unpaired) electrons. The zero-order chi connectivity index (χ0) is 16.8. The van der Waals surface area contributed by atoms with Gasteiger partial charge in [-0.3, -0.25) is 9.36 Å². The van der Waals surface area contributed by atoms with E-state index in [0.717, 1.165) is 11.1 Å². The monoisotopic (exact) mass is 318 g/mol. The van der Waals surface area contributed by atoms with E-state index in [9.17, 15) is 4.79 Å². The van der Waals surface area contributed by atoms with Crippen LogP contribution in [0.5, 0.6) is 5.88 Å². The molecule has 24 heavy (non-hydrogen) atoms. The Morgan fingerprint density at radius 2 is 1.62 bits per heavy atom. The highest BCUT2D eigenvalue weighted by Gasteiger charge is 2.10. The molecule has 0 aliphatic rings. The van der Waals surface area contributed by atoms with Gasteiger partial charge in [0.25, 0.3) is 5.56 Å². The molecule has 1 heterocycles. The summed E-state index contributed by atoms with van der Waals surface area (Å²) in [6.07, 6.45) is 3.01. The molecule has 0 amide bonds. The standard InChI is InChI=1S/C20H18N2O2/c1-2-18-19(24-14-17-11-7-4-8-12-17)21-15-22(20(18)23)13-16-9-5-3-6-10-16/h2-12,15H,1,13-14H2. The van der Waals surface area contributed by atoms with E-state index in [0.29, 0.717) is 24.6 Å². The van der Waals surface area contributed by atoms with Crippen LogP contribution < -0.4 is 10.3 Å². The first kappa shape index (κ1) is 15.7. The van der Waals surface area contributed by atoms with E-state index in [1.54, 1.807) is 4.57 Å². The van der Waals surface area contributed by atoms with Crippen molar-refractivity contribution in [1.82, 2.24) is 9.55 Å². The number of hydrogen-bond donors (Lipinski definition) is 0. The Hall–Kier alpha value is -3.14. The molecule has 3 rings (SSSR count). The zero-order valence-corrected chi connectivity index (χ0v) is 13.3. The number of aromatic nitrogens is 2. The molecule has 0 saturated heterocycles. The number of ether oxygens (including phenoxy) is 1. The average Bonchev–Trinajstić information content (AvgIpc) is 2.64. The molecule has 1 aromatic heterocycles. The molecule has 0 aliphatic carbocycles. The molecular formula is C20H18N2O2. The molecule has 0 atom stereocenters. The van der Waals surface area contributed by atoms with Crippen molar-refractivity contribution < 1.29 is 4.74 Å². The van der Waals surface area contributed by atoms with Crippen LogP contribution in [0.25, 0.3) is 6.08 Å². The highest BCUT2D eigenvalue weighted by Crippen LogP contribution is 2.14. The smallest absolute Gasteiger partial charge is 0.264 e. The Morgan fingerprint density at radius 1 is 1.00 bits per heavy atom. The Kier molecular flexibility index (Phi) is 4.87. The van der Waals surface area contributed by atoms with Crippen molar-refractivity contribution in [3.8, 4) is 5.88 Å². The minimum atomic E-state index is -0.160. The molecule has 0 bridgehead atoms. The summed E-state index contributed by atoms with van der Waals surface area (Å²) in [7, 11) is 0. The van der Waals surface area contributed by atoms with Crippen molar-refractivity contribution >= 4 is 6.08 Å². The van der Waals surface area contributed by atoms with Crippen LogP contribution in [-0.4, -0.2) is 9.55 Å². The van der Waals surface area contributed by atoms with Crippen LogP contribution in [0.1, 0.15) is 16.7 Å². The molecule has 0 N–H and O–H groups in total. The van der Waals surface area contributed by atoms with Gasteiger partial charge in [0.15, 0.2) is 0 Å². The lowest BCUT2D eigenvalue weighted by Gasteiger charge is -2.11. The van der Waals surface area contributed by atoms with Gasteiger partial charge in [0.05, 0.1) is 6.54 Å². The summed E-state index contributed by atoms with van der Waals surface area (Å²) in [4.78, 5) is 16.9. The fraction of sp³-hybridized carbons (Fsp3) is 0.100. The van der Waals surface area contributed by atoms with E-state index >= 15 is 0 Å². The Bertz CT molecular complexity index is 871. The van der Waals surface area contributed by atoms with Crippen molar-refractivity contribution in [3.05, 3.63) is 101 Å². The maximum Gasteiger partial charge on any atom is 0.264 e. The lowest BCUT2D eigenvalue weighted by atomic mass is 10.2. The van der Waals surface area contributed by atoms with Crippen LogP contribution >= 0.6 is 0 Å². The number of nitrogens with zero attached hydrogens (tertiary/aromatic N) is 2. The molecule has 0 spiro atoms. The van der Waals surface area contributed by atoms with Crippen molar-refractivity contribution in [2.45, 2.75) is 13.2 Å². The maximum atomic E-state index is 12.6. The van der Waals surface area contributed by atoms with Gasteiger partial charge in [0.1, 0.15) is 18.5 Å². The molecule has 0 fully saturated rings. The molecule has 4 nitrogen and oxygen atoms in total. The first-order chi connectivity index (χ1) is 11.8. The molecule has 2 aromatic carbocycles. The second kappa shape index (κ2) is 7.42. The van der Waals surface area contributed by atoms with Gasteiger partial charge in [0.2, 0.25) is 5.88 Å². The lowest BCUT2D eigenvalue weighted by Crippen LogP contribution is -2.24. The normalized spacial score (nSPS) is 10.3. The molecular weight excluding hydrogens is 300 g/mol. The Morgan fingerprint density at radius 3 is 2.25 bits per heavy atom. The second-order valence-corrected chi connectivity index (χ2v) is 5.36. The van der Waals surface area contributed by atoms with E-state index in [-0.39, 0.29) is 5.56 Å². The van der Waals surface area contributed by atoms with Gasteiger partial charge >= 0.3 is 0 Å². The molecule has 3 aromatic rings. The molecule has 120 valence electrons. The predicted octanol–water partition coefficient (Wildman–Crippen LogP) is 3.51. The van der Waals surface area contributed by atoms with E-state index in [1.165, 1.54) is 12.4 Å². The third-order valence-electron chi connectivity index (χ3n) is 3.65. The highest BCUT2D eigenvalue weighted by atomic mass is 16.5. The minimum Gasteiger partial charge on any atom is -0.472 e. The largest absolute Gasteiger partial charge is 0.472 e. The van der Waals surface area contributed by atoms with E-state index in [1.807, 2.05) is 60.7 Å².